The molecule has 0 fully saturated rings. The van der Waals surface area contributed by atoms with Crippen LogP contribution >= 0.6 is 11.3 Å². The van der Waals surface area contributed by atoms with Gasteiger partial charge in [-0.15, -0.1) is 11.3 Å². The Labute approximate surface area is 85.7 Å². The topological polar surface area (TPSA) is 55.5 Å². The number of rotatable bonds is 2. The molecule has 14 heavy (non-hydrogen) atoms. The van der Waals surface area contributed by atoms with E-state index < -0.39 is 0 Å². The molecular weight excluding hydrogens is 198 g/mol. The third-order valence-electron chi connectivity index (χ3n) is 2.23. The second-order valence-electron chi connectivity index (χ2n) is 2.97. The molecule has 0 bridgehead atoms. The number of aliphatic hydroxyl groups excluding tert-OH is 1. The van der Waals surface area contributed by atoms with Crippen LogP contribution in [-0.4, -0.2) is 12.2 Å². The first-order valence-electron chi connectivity index (χ1n) is 4.21. The van der Waals surface area contributed by atoms with E-state index in [1.54, 1.807) is 18.4 Å². The summed E-state index contributed by atoms with van der Waals surface area (Å²) in [7, 11) is 1.62. The molecule has 2 aromatic rings. The zero-order valence-corrected chi connectivity index (χ0v) is 8.60. The fraction of sp³-hybridized carbons (Fsp3) is 0.200. The van der Waals surface area contributed by atoms with E-state index in [2.05, 4.69) is 0 Å². The molecule has 0 aliphatic carbocycles. The van der Waals surface area contributed by atoms with E-state index in [-0.39, 0.29) is 6.61 Å². The molecule has 0 atom stereocenters. The van der Waals surface area contributed by atoms with Crippen molar-refractivity contribution >= 4 is 27.1 Å². The number of nitrogens with two attached hydrogens (primary N) is 1. The minimum Gasteiger partial charge on any atom is -0.495 e. The minimum atomic E-state index is -0.0409. The number of benzene rings is 1. The van der Waals surface area contributed by atoms with Crippen LogP contribution in [0.15, 0.2) is 17.5 Å². The molecule has 0 amide bonds. The summed E-state index contributed by atoms with van der Waals surface area (Å²) >= 11 is 1.59. The fourth-order valence-electron chi connectivity index (χ4n) is 1.46. The van der Waals surface area contributed by atoms with Crippen LogP contribution < -0.4 is 10.5 Å². The molecule has 3 N–H and O–H groups in total. The molecule has 0 spiro atoms. The number of ether oxygens (including phenoxy) is 1. The highest BCUT2D eigenvalue weighted by atomic mass is 32.1. The molecule has 0 aliphatic rings. The van der Waals surface area contributed by atoms with Gasteiger partial charge in [0.15, 0.2) is 0 Å². The van der Waals surface area contributed by atoms with E-state index in [9.17, 15) is 0 Å². The van der Waals surface area contributed by atoms with Gasteiger partial charge in [0.05, 0.1) is 19.1 Å². The Kier molecular flexibility index (Phi) is 2.31. The quantitative estimate of drug-likeness (QED) is 0.744. The van der Waals surface area contributed by atoms with Gasteiger partial charge in [0, 0.05) is 21.3 Å². The van der Waals surface area contributed by atoms with Crippen molar-refractivity contribution in [2.24, 2.45) is 0 Å². The number of nitrogen functional groups attached to an aromatic ring is 1. The monoisotopic (exact) mass is 209 g/mol. The average Bonchev–Trinajstić information content (AvgIpc) is 2.62. The number of hydrogen-bond donors (Lipinski definition) is 2. The van der Waals surface area contributed by atoms with Gasteiger partial charge in [-0.3, -0.25) is 0 Å². The highest BCUT2D eigenvalue weighted by molar-refractivity contribution is 7.17. The van der Waals surface area contributed by atoms with Gasteiger partial charge in [0.25, 0.3) is 0 Å². The van der Waals surface area contributed by atoms with Crippen LogP contribution in [0.4, 0.5) is 5.69 Å². The van der Waals surface area contributed by atoms with Gasteiger partial charge in [-0.2, -0.15) is 0 Å². The summed E-state index contributed by atoms with van der Waals surface area (Å²) in [6.07, 6.45) is 0. The maximum Gasteiger partial charge on any atom is 0.139 e. The van der Waals surface area contributed by atoms with Crippen LogP contribution in [-0.2, 0) is 6.61 Å². The number of thiophene rings is 1. The lowest BCUT2D eigenvalue weighted by molar-refractivity contribution is 0.282. The van der Waals surface area contributed by atoms with Crippen LogP contribution in [0, 0.1) is 0 Å². The summed E-state index contributed by atoms with van der Waals surface area (Å²) in [4.78, 5) is 0. The summed E-state index contributed by atoms with van der Waals surface area (Å²) in [6.45, 7) is -0.0409. The Morgan fingerprint density at radius 1 is 1.50 bits per heavy atom. The van der Waals surface area contributed by atoms with Gasteiger partial charge in [0.1, 0.15) is 5.75 Å². The Morgan fingerprint density at radius 3 is 2.93 bits per heavy atom. The summed E-state index contributed by atoms with van der Waals surface area (Å²) in [6, 6.07) is 3.79. The van der Waals surface area contributed by atoms with Gasteiger partial charge >= 0.3 is 0 Å². The van der Waals surface area contributed by atoms with E-state index >= 15 is 0 Å². The van der Waals surface area contributed by atoms with E-state index in [4.69, 9.17) is 15.6 Å². The first kappa shape index (κ1) is 9.30. The molecule has 0 saturated carbocycles. The van der Waals surface area contributed by atoms with Gasteiger partial charge in [0.2, 0.25) is 0 Å². The lowest BCUT2D eigenvalue weighted by atomic mass is 10.1. The van der Waals surface area contributed by atoms with Gasteiger partial charge in [-0.05, 0) is 6.07 Å². The molecule has 1 heterocycles. The number of aliphatic hydroxyl groups is 1. The van der Waals surface area contributed by atoms with Crippen molar-refractivity contribution in [1.29, 1.82) is 0 Å². The van der Waals surface area contributed by atoms with Crippen molar-refractivity contribution < 1.29 is 9.84 Å². The molecule has 0 aliphatic heterocycles. The highest BCUT2D eigenvalue weighted by Gasteiger charge is 2.10. The third-order valence-corrected chi connectivity index (χ3v) is 3.15. The van der Waals surface area contributed by atoms with Gasteiger partial charge < -0.3 is 15.6 Å². The highest BCUT2D eigenvalue weighted by Crippen LogP contribution is 2.37. The zero-order chi connectivity index (χ0) is 10.1. The lowest BCUT2D eigenvalue weighted by Gasteiger charge is -2.05. The molecule has 0 saturated heterocycles. The number of fused-ring (bicyclic) bond motifs is 1. The summed E-state index contributed by atoms with van der Waals surface area (Å²) < 4.78 is 6.28. The Morgan fingerprint density at radius 2 is 2.29 bits per heavy atom. The largest absolute Gasteiger partial charge is 0.495 e. The van der Waals surface area contributed by atoms with Crippen molar-refractivity contribution in [2.75, 3.05) is 12.8 Å². The molecule has 0 unspecified atom stereocenters. The SMILES string of the molecule is COc1csc2ccc(CO)c(N)c12. The van der Waals surface area contributed by atoms with Crippen LogP contribution in [0.25, 0.3) is 10.1 Å². The number of anilines is 1. The van der Waals surface area contributed by atoms with E-state index in [0.717, 1.165) is 21.4 Å². The third kappa shape index (κ3) is 1.23. The van der Waals surface area contributed by atoms with Gasteiger partial charge in [-0.25, -0.2) is 0 Å². The minimum absolute atomic E-state index is 0.0409. The number of methoxy groups -OCH3 is 1. The summed E-state index contributed by atoms with van der Waals surface area (Å²) in [5.74, 6) is 0.776. The Hall–Kier alpha value is -1.26. The molecule has 1 aromatic carbocycles. The van der Waals surface area contributed by atoms with Crippen molar-refractivity contribution in [3.05, 3.63) is 23.1 Å². The van der Waals surface area contributed by atoms with Crippen molar-refractivity contribution in [2.45, 2.75) is 6.61 Å². The second kappa shape index (κ2) is 3.48. The Bertz CT molecular complexity index is 464. The maximum atomic E-state index is 9.06. The molecule has 1 aromatic heterocycles. The predicted octanol–water partition coefficient (Wildman–Crippen LogP) is 1.98. The van der Waals surface area contributed by atoms with E-state index in [1.807, 2.05) is 17.5 Å². The predicted molar refractivity (Wildman–Crippen MR) is 58.7 cm³/mol. The van der Waals surface area contributed by atoms with Crippen molar-refractivity contribution in [1.82, 2.24) is 0 Å². The van der Waals surface area contributed by atoms with Crippen LogP contribution in [0.2, 0.25) is 0 Å². The van der Waals surface area contributed by atoms with E-state index in [1.165, 1.54) is 0 Å². The molecule has 4 heteroatoms. The zero-order valence-electron chi connectivity index (χ0n) is 7.78. The average molecular weight is 209 g/mol. The normalized spacial score (nSPS) is 10.7. The smallest absolute Gasteiger partial charge is 0.139 e. The summed E-state index contributed by atoms with van der Waals surface area (Å²) in [5, 5.41) is 11.9. The second-order valence-corrected chi connectivity index (χ2v) is 3.88. The molecule has 74 valence electrons. The van der Waals surface area contributed by atoms with E-state index in [0.29, 0.717) is 5.69 Å². The lowest BCUT2D eigenvalue weighted by Crippen LogP contribution is -1.95. The Balaban J connectivity index is 2.77. The molecular formula is C10H11NO2S. The van der Waals surface area contributed by atoms with Crippen molar-refractivity contribution in [3.8, 4) is 5.75 Å². The van der Waals surface area contributed by atoms with Crippen LogP contribution in [0.5, 0.6) is 5.75 Å². The molecule has 3 nitrogen and oxygen atoms in total. The van der Waals surface area contributed by atoms with Crippen LogP contribution in [0.3, 0.4) is 0 Å². The fourth-order valence-corrected chi connectivity index (χ4v) is 2.38. The molecule has 0 radical (unpaired) electrons. The van der Waals surface area contributed by atoms with Crippen LogP contribution in [0.1, 0.15) is 5.56 Å². The van der Waals surface area contributed by atoms with Crippen molar-refractivity contribution in [3.63, 3.8) is 0 Å². The standard InChI is InChI=1S/C10H11NO2S/c1-13-7-5-14-8-3-2-6(4-12)10(11)9(7)8/h2-3,5,12H,4,11H2,1H3. The maximum absolute atomic E-state index is 9.06. The first-order chi connectivity index (χ1) is 6.77. The first-order valence-corrected chi connectivity index (χ1v) is 5.09. The molecule has 2 rings (SSSR count). The number of hydrogen-bond acceptors (Lipinski definition) is 4. The summed E-state index contributed by atoms with van der Waals surface area (Å²) in [5.41, 5.74) is 7.28. The van der Waals surface area contributed by atoms with Gasteiger partial charge in [-0.1, -0.05) is 6.07 Å².